The zero-order chi connectivity index (χ0) is 18.5. The highest BCUT2D eigenvalue weighted by atomic mass is 19.3. The molecule has 0 unspecified atom stereocenters. The van der Waals surface area contributed by atoms with E-state index in [9.17, 15) is 8.78 Å². The highest BCUT2D eigenvalue weighted by molar-refractivity contribution is 5.73. The third-order valence-corrected chi connectivity index (χ3v) is 5.38. The van der Waals surface area contributed by atoms with Gasteiger partial charge in [0.15, 0.2) is 5.72 Å². The number of anilines is 1. The number of nitrogens with zero attached hydrogens (tertiary/aromatic N) is 1. The molecule has 136 valence electrons. The average molecular weight is 358 g/mol. The fourth-order valence-corrected chi connectivity index (χ4v) is 3.90. The van der Waals surface area contributed by atoms with E-state index < -0.39 is 12.3 Å². The standard InChI is InChI=1S/C20H20F2N2O2/c1-19(2)15-6-4-5-7-17(15)24(3)20(19)12-16(23-26-20)13-8-10-14(11-9-13)25-18(21)22/h4-12,18,23H,1-3H3/t20-/m0/s1. The van der Waals surface area contributed by atoms with Gasteiger partial charge < -0.3 is 9.64 Å². The van der Waals surface area contributed by atoms with Gasteiger partial charge in [0.2, 0.25) is 0 Å². The molecule has 0 amide bonds. The number of benzene rings is 2. The van der Waals surface area contributed by atoms with Gasteiger partial charge in [-0.15, -0.1) is 0 Å². The van der Waals surface area contributed by atoms with E-state index in [1.54, 1.807) is 12.1 Å². The first kappa shape index (κ1) is 16.8. The number of nitrogens with one attached hydrogen (secondary N) is 1. The molecule has 0 saturated carbocycles. The van der Waals surface area contributed by atoms with Gasteiger partial charge in [-0.2, -0.15) is 8.78 Å². The second-order valence-corrected chi connectivity index (χ2v) is 7.06. The number of hydroxylamine groups is 1. The lowest BCUT2D eigenvalue weighted by Crippen LogP contribution is -2.54. The lowest BCUT2D eigenvalue weighted by molar-refractivity contribution is -0.0679. The van der Waals surface area contributed by atoms with Crippen LogP contribution in [-0.4, -0.2) is 19.4 Å². The summed E-state index contributed by atoms with van der Waals surface area (Å²) in [6, 6.07) is 14.7. The zero-order valence-corrected chi connectivity index (χ0v) is 14.8. The molecule has 2 aromatic carbocycles. The van der Waals surface area contributed by atoms with E-state index in [0.717, 1.165) is 16.9 Å². The van der Waals surface area contributed by atoms with Crippen molar-refractivity contribution in [2.45, 2.75) is 31.6 Å². The molecule has 6 heteroatoms. The van der Waals surface area contributed by atoms with Crippen LogP contribution in [0.15, 0.2) is 54.6 Å². The molecule has 1 spiro atoms. The number of likely N-dealkylation sites (N-methyl/N-ethyl adjacent to an activating group) is 1. The summed E-state index contributed by atoms with van der Waals surface area (Å²) in [6.07, 6.45) is 2.05. The molecule has 1 N–H and O–H groups in total. The molecule has 1 atom stereocenters. The predicted octanol–water partition coefficient (Wildman–Crippen LogP) is 4.29. The number of hydrogen-bond donors (Lipinski definition) is 1. The van der Waals surface area contributed by atoms with E-state index in [1.807, 2.05) is 19.2 Å². The second-order valence-electron chi connectivity index (χ2n) is 7.06. The Balaban J connectivity index is 1.70. The van der Waals surface area contributed by atoms with Gasteiger partial charge in [0.1, 0.15) is 5.75 Å². The molecular weight excluding hydrogens is 338 g/mol. The molecule has 2 aliphatic rings. The molecule has 26 heavy (non-hydrogen) atoms. The first-order valence-electron chi connectivity index (χ1n) is 8.41. The van der Waals surface area contributed by atoms with Crippen molar-refractivity contribution in [2.75, 3.05) is 11.9 Å². The van der Waals surface area contributed by atoms with Gasteiger partial charge in [-0.3, -0.25) is 5.48 Å². The van der Waals surface area contributed by atoms with Crippen molar-refractivity contribution in [1.29, 1.82) is 0 Å². The second kappa shape index (κ2) is 5.71. The highest BCUT2D eigenvalue weighted by Crippen LogP contribution is 2.54. The third-order valence-electron chi connectivity index (χ3n) is 5.38. The van der Waals surface area contributed by atoms with Crippen LogP contribution in [0, 0.1) is 0 Å². The van der Waals surface area contributed by atoms with Gasteiger partial charge in [-0.05, 0) is 42.0 Å². The number of alkyl halides is 2. The van der Waals surface area contributed by atoms with E-state index in [0.29, 0.717) is 0 Å². The summed E-state index contributed by atoms with van der Waals surface area (Å²) in [6.45, 7) is 1.47. The number of para-hydroxylation sites is 1. The largest absolute Gasteiger partial charge is 0.435 e. The van der Waals surface area contributed by atoms with Crippen molar-refractivity contribution in [1.82, 2.24) is 5.48 Å². The van der Waals surface area contributed by atoms with Crippen LogP contribution in [0.1, 0.15) is 25.0 Å². The minimum atomic E-state index is -2.83. The van der Waals surface area contributed by atoms with E-state index >= 15 is 0 Å². The van der Waals surface area contributed by atoms with Crippen LogP contribution < -0.4 is 15.1 Å². The Kier molecular flexibility index (Phi) is 3.70. The number of hydrogen-bond acceptors (Lipinski definition) is 4. The van der Waals surface area contributed by atoms with Crippen LogP contribution in [-0.2, 0) is 10.3 Å². The Morgan fingerprint density at radius 3 is 2.42 bits per heavy atom. The maximum Gasteiger partial charge on any atom is 0.387 e. The Hall–Kier alpha value is -2.60. The first-order chi connectivity index (χ1) is 12.3. The summed E-state index contributed by atoms with van der Waals surface area (Å²) in [7, 11) is 2.01. The van der Waals surface area contributed by atoms with Gasteiger partial charge in [-0.25, -0.2) is 4.84 Å². The van der Waals surface area contributed by atoms with Gasteiger partial charge in [-0.1, -0.05) is 32.0 Å². The Morgan fingerprint density at radius 1 is 1.08 bits per heavy atom. The third kappa shape index (κ3) is 2.29. The van der Waals surface area contributed by atoms with Crippen LogP contribution in [0.3, 0.4) is 0 Å². The molecule has 0 aromatic heterocycles. The summed E-state index contributed by atoms with van der Waals surface area (Å²) < 4.78 is 29.0. The monoisotopic (exact) mass is 358 g/mol. The molecule has 0 fully saturated rings. The highest BCUT2D eigenvalue weighted by Gasteiger charge is 2.58. The summed E-state index contributed by atoms with van der Waals surface area (Å²) in [5.74, 6) is 0.128. The molecule has 4 rings (SSSR count). The SMILES string of the molecule is CN1c2ccccc2C(C)(C)[C@@]12C=C(c1ccc(OC(F)F)cc1)NO2. The van der Waals surface area contributed by atoms with E-state index in [1.165, 1.54) is 17.7 Å². The maximum absolute atomic E-state index is 12.3. The summed E-state index contributed by atoms with van der Waals surface area (Å²) in [5, 5.41) is 0. The van der Waals surface area contributed by atoms with Crippen molar-refractivity contribution >= 4 is 11.4 Å². The summed E-state index contributed by atoms with van der Waals surface area (Å²) >= 11 is 0. The molecule has 0 aliphatic carbocycles. The fourth-order valence-electron chi connectivity index (χ4n) is 3.90. The van der Waals surface area contributed by atoms with Gasteiger partial charge in [0.05, 0.1) is 5.70 Å². The van der Waals surface area contributed by atoms with Crippen LogP contribution in [0.4, 0.5) is 14.5 Å². The van der Waals surface area contributed by atoms with Crippen molar-refractivity contribution in [3.63, 3.8) is 0 Å². The lowest BCUT2D eigenvalue weighted by atomic mass is 9.77. The molecular formula is C20H20F2N2O2. The van der Waals surface area contributed by atoms with Crippen LogP contribution >= 0.6 is 0 Å². The summed E-state index contributed by atoms with van der Waals surface area (Å²) in [4.78, 5) is 8.23. The number of ether oxygens (including phenoxy) is 1. The topological polar surface area (TPSA) is 33.7 Å². The normalized spacial score (nSPS) is 23.2. The first-order valence-corrected chi connectivity index (χ1v) is 8.41. The Labute approximate surface area is 151 Å². The predicted molar refractivity (Wildman–Crippen MR) is 95.9 cm³/mol. The molecule has 4 nitrogen and oxygen atoms in total. The van der Waals surface area contributed by atoms with Crippen molar-refractivity contribution in [3.8, 4) is 5.75 Å². The summed E-state index contributed by atoms with van der Waals surface area (Å²) in [5.41, 5.74) is 6.02. The van der Waals surface area contributed by atoms with E-state index in [2.05, 4.69) is 47.2 Å². The maximum atomic E-state index is 12.3. The van der Waals surface area contributed by atoms with Crippen LogP contribution in [0.5, 0.6) is 5.75 Å². The number of halogens is 2. The van der Waals surface area contributed by atoms with E-state index in [4.69, 9.17) is 4.84 Å². The average Bonchev–Trinajstić information content (AvgIpc) is 3.13. The molecule has 2 aromatic rings. The Morgan fingerprint density at radius 2 is 1.77 bits per heavy atom. The zero-order valence-electron chi connectivity index (χ0n) is 14.8. The minimum absolute atomic E-state index is 0.128. The van der Waals surface area contributed by atoms with Crippen molar-refractivity contribution in [3.05, 3.63) is 65.7 Å². The molecule has 0 saturated heterocycles. The molecule has 2 aliphatic heterocycles. The lowest BCUT2D eigenvalue weighted by Gasteiger charge is -2.39. The van der Waals surface area contributed by atoms with Crippen molar-refractivity contribution < 1.29 is 18.4 Å². The molecule has 0 bridgehead atoms. The van der Waals surface area contributed by atoms with E-state index in [-0.39, 0.29) is 11.2 Å². The van der Waals surface area contributed by atoms with Gasteiger partial charge in [0, 0.05) is 23.7 Å². The van der Waals surface area contributed by atoms with Crippen molar-refractivity contribution in [2.24, 2.45) is 0 Å². The smallest absolute Gasteiger partial charge is 0.387 e. The molecule has 2 heterocycles. The van der Waals surface area contributed by atoms with Gasteiger partial charge >= 0.3 is 6.61 Å². The number of rotatable bonds is 3. The number of fused-ring (bicyclic) bond motifs is 1. The van der Waals surface area contributed by atoms with Crippen LogP contribution in [0.2, 0.25) is 0 Å². The Bertz CT molecular complexity index is 864. The van der Waals surface area contributed by atoms with Crippen LogP contribution in [0.25, 0.3) is 5.70 Å². The fraction of sp³-hybridized carbons (Fsp3) is 0.300. The van der Waals surface area contributed by atoms with Gasteiger partial charge in [0.25, 0.3) is 0 Å². The minimum Gasteiger partial charge on any atom is -0.435 e. The quantitative estimate of drug-likeness (QED) is 0.888. The molecule has 0 radical (unpaired) electrons.